The molecule has 1 aliphatic carbocycles. The van der Waals surface area contributed by atoms with Crippen LogP contribution in [0.1, 0.15) is 32.1 Å². The second-order valence-electron chi connectivity index (χ2n) is 6.04. The van der Waals surface area contributed by atoms with Crippen LogP contribution in [0.4, 0.5) is 0 Å². The Morgan fingerprint density at radius 3 is 2.33 bits per heavy atom. The van der Waals surface area contributed by atoms with Crippen LogP contribution in [-0.2, 0) is 19.3 Å². The molecule has 0 aromatic carbocycles. The van der Waals surface area contributed by atoms with Crippen molar-refractivity contribution in [3.8, 4) is 0 Å². The molecule has 0 saturated heterocycles. The van der Waals surface area contributed by atoms with Gasteiger partial charge in [-0.1, -0.05) is 6.42 Å². The monoisotopic (exact) mass is 319 g/mol. The Morgan fingerprint density at radius 1 is 1.38 bits per heavy atom. The number of rotatable bonds is 8. The number of amides is 1. The van der Waals surface area contributed by atoms with Gasteiger partial charge in [0.15, 0.2) is 0 Å². The van der Waals surface area contributed by atoms with Crippen molar-refractivity contribution in [3.05, 3.63) is 0 Å². The van der Waals surface area contributed by atoms with E-state index in [1.54, 1.807) is 19.0 Å². The summed E-state index contributed by atoms with van der Waals surface area (Å²) >= 11 is 0. The standard InChI is InChI=1S/C13H25N3O4S/c1-16(2)12(19)13(5-3-6-13)7-9-21(15,20)8-4-10(14)11(17)18/h10,15H,3-9,14H2,1-2H3,(H,17,18)/t10-,21?/m0/s1. The quantitative estimate of drug-likeness (QED) is 0.600. The summed E-state index contributed by atoms with van der Waals surface area (Å²) in [5.41, 5.74) is 4.89. The summed E-state index contributed by atoms with van der Waals surface area (Å²) < 4.78 is 20.0. The Balaban J connectivity index is 2.56. The molecule has 1 amide bonds. The first-order valence-corrected chi connectivity index (χ1v) is 8.94. The molecule has 0 spiro atoms. The van der Waals surface area contributed by atoms with Crippen molar-refractivity contribution in [1.82, 2.24) is 4.90 Å². The first-order valence-electron chi connectivity index (χ1n) is 7.04. The van der Waals surface area contributed by atoms with Crippen molar-refractivity contribution in [2.45, 2.75) is 38.1 Å². The molecule has 0 heterocycles. The summed E-state index contributed by atoms with van der Waals surface area (Å²) in [6.45, 7) is 0. The number of nitrogens with zero attached hydrogens (tertiary/aromatic N) is 1. The number of hydrogen-bond acceptors (Lipinski definition) is 5. The molecular weight excluding hydrogens is 294 g/mol. The van der Waals surface area contributed by atoms with Gasteiger partial charge in [0.2, 0.25) is 5.91 Å². The van der Waals surface area contributed by atoms with Gasteiger partial charge in [0.25, 0.3) is 0 Å². The van der Waals surface area contributed by atoms with Crippen LogP contribution in [0.5, 0.6) is 0 Å². The minimum Gasteiger partial charge on any atom is -0.480 e. The lowest BCUT2D eigenvalue weighted by Gasteiger charge is -2.42. The molecule has 1 saturated carbocycles. The fourth-order valence-electron chi connectivity index (χ4n) is 2.55. The average molecular weight is 319 g/mol. The van der Waals surface area contributed by atoms with Gasteiger partial charge in [-0.25, -0.2) is 4.21 Å². The second-order valence-corrected chi connectivity index (χ2v) is 8.48. The molecule has 1 rings (SSSR count). The lowest BCUT2D eigenvalue weighted by Crippen LogP contribution is -2.46. The zero-order chi connectivity index (χ0) is 16.3. The van der Waals surface area contributed by atoms with Gasteiger partial charge < -0.3 is 15.7 Å². The molecule has 0 radical (unpaired) electrons. The van der Waals surface area contributed by atoms with Crippen molar-refractivity contribution in [2.24, 2.45) is 11.1 Å². The summed E-state index contributed by atoms with van der Waals surface area (Å²) in [6.07, 6.45) is 2.96. The van der Waals surface area contributed by atoms with Crippen molar-refractivity contribution >= 4 is 21.6 Å². The Labute approximate surface area is 125 Å². The van der Waals surface area contributed by atoms with Crippen LogP contribution in [-0.4, -0.2) is 57.7 Å². The zero-order valence-electron chi connectivity index (χ0n) is 12.6. The summed E-state index contributed by atoms with van der Waals surface area (Å²) in [4.78, 5) is 24.4. The van der Waals surface area contributed by atoms with Gasteiger partial charge in [0, 0.05) is 35.3 Å². The predicted octanol–water partition coefficient (Wildman–Crippen LogP) is 0.484. The lowest BCUT2D eigenvalue weighted by molar-refractivity contribution is -0.145. The number of carboxylic acid groups (broad SMARTS) is 1. The van der Waals surface area contributed by atoms with Crippen LogP contribution >= 0.6 is 0 Å². The Bertz CT molecular complexity index is 498. The van der Waals surface area contributed by atoms with E-state index >= 15 is 0 Å². The highest BCUT2D eigenvalue weighted by molar-refractivity contribution is 7.92. The van der Waals surface area contributed by atoms with E-state index in [9.17, 15) is 13.8 Å². The van der Waals surface area contributed by atoms with Gasteiger partial charge in [-0.2, -0.15) is 0 Å². The first kappa shape index (κ1) is 17.9. The molecule has 1 unspecified atom stereocenters. The summed E-state index contributed by atoms with van der Waals surface area (Å²) in [5, 5.41) is 8.69. The maximum absolute atomic E-state index is 12.2. The molecule has 0 aromatic rings. The van der Waals surface area contributed by atoms with Gasteiger partial charge in [0.1, 0.15) is 6.04 Å². The molecule has 0 aromatic heterocycles. The van der Waals surface area contributed by atoms with Gasteiger partial charge >= 0.3 is 5.97 Å². The number of carboxylic acids is 1. The molecule has 21 heavy (non-hydrogen) atoms. The third-order valence-corrected chi connectivity index (χ3v) is 5.92. The maximum Gasteiger partial charge on any atom is 0.320 e. The van der Waals surface area contributed by atoms with Crippen LogP contribution < -0.4 is 5.73 Å². The molecular formula is C13H25N3O4S. The number of nitrogens with two attached hydrogens (primary N) is 1. The van der Waals surface area contributed by atoms with Gasteiger partial charge in [-0.3, -0.25) is 14.4 Å². The lowest BCUT2D eigenvalue weighted by atomic mass is 9.66. The highest BCUT2D eigenvalue weighted by Crippen LogP contribution is 2.45. The molecule has 0 aliphatic heterocycles. The van der Waals surface area contributed by atoms with Gasteiger partial charge in [0.05, 0.1) is 5.41 Å². The number of aliphatic carboxylic acids is 1. The molecule has 122 valence electrons. The summed E-state index contributed by atoms with van der Waals surface area (Å²) in [7, 11) is 0.509. The topological polar surface area (TPSA) is 125 Å². The third kappa shape index (κ3) is 4.67. The van der Waals surface area contributed by atoms with E-state index in [1.165, 1.54) is 0 Å². The highest BCUT2D eigenvalue weighted by atomic mass is 32.2. The van der Waals surface area contributed by atoms with E-state index in [0.717, 1.165) is 19.3 Å². The number of nitrogens with one attached hydrogen (secondary N) is 1. The fraction of sp³-hybridized carbons (Fsp3) is 0.846. The van der Waals surface area contributed by atoms with Crippen LogP contribution in [0, 0.1) is 10.2 Å². The SMILES string of the molecule is CN(C)C(=O)C1(CCS(=N)(=O)CC[C@H](N)C(=O)O)CCC1. The van der Waals surface area contributed by atoms with E-state index in [4.69, 9.17) is 15.6 Å². The molecule has 4 N–H and O–H groups in total. The number of carbonyl (C=O) groups is 2. The van der Waals surface area contributed by atoms with E-state index in [0.29, 0.717) is 6.42 Å². The zero-order valence-corrected chi connectivity index (χ0v) is 13.4. The van der Waals surface area contributed by atoms with E-state index < -0.39 is 27.2 Å². The largest absolute Gasteiger partial charge is 0.480 e. The van der Waals surface area contributed by atoms with Crippen molar-refractivity contribution in [1.29, 1.82) is 4.78 Å². The van der Waals surface area contributed by atoms with Crippen molar-refractivity contribution in [2.75, 3.05) is 25.6 Å². The summed E-state index contributed by atoms with van der Waals surface area (Å²) in [6, 6.07) is -1.09. The molecule has 1 aliphatic rings. The van der Waals surface area contributed by atoms with E-state index in [1.807, 2.05) is 0 Å². The maximum atomic E-state index is 12.2. The third-order valence-electron chi connectivity index (χ3n) is 4.16. The van der Waals surface area contributed by atoms with Crippen LogP contribution in [0.15, 0.2) is 0 Å². The van der Waals surface area contributed by atoms with Crippen LogP contribution in [0.3, 0.4) is 0 Å². The number of carbonyl (C=O) groups excluding carboxylic acids is 1. The van der Waals surface area contributed by atoms with Gasteiger partial charge in [-0.15, -0.1) is 0 Å². The molecule has 1 fully saturated rings. The number of hydrogen-bond donors (Lipinski definition) is 3. The Hall–Kier alpha value is -1.15. The average Bonchev–Trinajstić information content (AvgIpc) is 2.34. The molecule has 0 bridgehead atoms. The van der Waals surface area contributed by atoms with Crippen molar-refractivity contribution < 1.29 is 18.9 Å². The molecule has 2 atom stereocenters. The fourth-order valence-corrected chi connectivity index (χ4v) is 4.11. The highest BCUT2D eigenvalue weighted by Gasteiger charge is 2.44. The van der Waals surface area contributed by atoms with Crippen molar-refractivity contribution in [3.63, 3.8) is 0 Å². The normalized spacial score (nSPS) is 20.9. The van der Waals surface area contributed by atoms with E-state index in [2.05, 4.69) is 0 Å². The Kier molecular flexibility index (Phi) is 5.75. The van der Waals surface area contributed by atoms with Gasteiger partial charge in [-0.05, 0) is 25.7 Å². The minimum atomic E-state index is -2.89. The van der Waals surface area contributed by atoms with Crippen LogP contribution in [0.2, 0.25) is 0 Å². The van der Waals surface area contributed by atoms with E-state index in [-0.39, 0.29) is 23.8 Å². The smallest absolute Gasteiger partial charge is 0.320 e. The predicted molar refractivity (Wildman–Crippen MR) is 80.4 cm³/mol. The Morgan fingerprint density at radius 2 is 1.95 bits per heavy atom. The molecule has 8 heteroatoms. The first-order chi connectivity index (χ1) is 9.60. The minimum absolute atomic E-state index is 0.0201. The summed E-state index contributed by atoms with van der Waals surface area (Å²) in [5.74, 6) is -1.03. The van der Waals surface area contributed by atoms with Crippen LogP contribution in [0.25, 0.3) is 0 Å². The second kappa shape index (κ2) is 6.74. The molecule has 7 nitrogen and oxygen atoms in total.